The van der Waals surface area contributed by atoms with Gasteiger partial charge in [-0.2, -0.15) is 13.2 Å². The molecule has 1 rings (SSSR count). The average Bonchev–Trinajstić information content (AvgIpc) is 2.38. The number of halogens is 3. The van der Waals surface area contributed by atoms with Crippen LogP contribution in [0.1, 0.15) is 18.5 Å². The van der Waals surface area contributed by atoms with Gasteiger partial charge < -0.3 is 9.47 Å². The lowest BCUT2D eigenvalue weighted by Gasteiger charge is -2.19. The standard InChI is InChI=1S/C13H16F3NO3/c1-3-20-12(18)11(17-8-13(14,15)16)9-4-6-10(19-2)7-5-9/h4-7,11,17H,3,8H2,1-2H3. The Morgan fingerprint density at radius 1 is 1.30 bits per heavy atom. The Morgan fingerprint density at radius 3 is 2.35 bits per heavy atom. The molecule has 1 aromatic rings. The van der Waals surface area contributed by atoms with Crippen molar-refractivity contribution in [2.24, 2.45) is 0 Å². The third-order valence-corrected chi connectivity index (χ3v) is 2.48. The van der Waals surface area contributed by atoms with Crippen LogP contribution in [0, 0.1) is 0 Å². The molecule has 0 amide bonds. The van der Waals surface area contributed by atoms with Crippen molar-refractivity contribution in [3.8, 4) is 5.75 Å². The molecule has 0 aromatic heterocycles. The molecule has 1 unspecified atom stereocenters. The predicted octanol–water partition coefficient (Wildman–Crippen LogP) is 2.45. The van der Waals surface area contributed by atoms with Gasteiger partial charge in [-0.25, -0.2) is 4.79 Å². The van der Waals surface area contributed by atoms with Gasteiger partial charge in [0.2, 0.25) is 0 Å². The zero-order valence-electron chi connectivity index (χ0n) is 11.2. The maximum atomic E-state index is 12.3. The number of hydrogen-bond acceptors (Lipinski definition) is 4. The quantitative estimate of drug-likeness (QED) is 0.818. The van der Waals surface area contributed by atoms with Crippen LogP contribution < -0.4 is 10.1 Å². The normalized spacial score (nSPS) is 12.8. The Morgan fingerprint density at radius 2 is 1.90 bits per heavy atom. The Balaban J connectivity index is 2.87. The number of benzene rings is 1. The van der Waals surface area contributed by atoms with Gasteiger partial charge in [-0.15, -0.1) is 0 Å². The molecule has 0 saturated carbocycles. The SMILES string of the molecule is CCOC(=O)C(NCC(F)(F)F)c1ccc(OC)cc1. The number of carbonyl (C=O) groups excluding carboxylic acids is 1. The molecule has 7 heteroatoms. The first-order valence-corrected chi connectivity index (χ1v) is 5.98. The predicted molar refractivity (Wildman–Crippen MR) is 66.4 cm³/mol. The van der Waals surface area contributed by atoms with Crippen LogP contribution in [-0.2, 0) is 9.53 Å². The number of carbonyl (C=O) groups is 1. The highest BCUT2D eigenvalue weighted by Crippen LogP contribution is 2.21. The molecule has 1 aromatic carbocycles. The van der Waals surface area contributed by atoms with E-state index in [1.807, 2.05) is 0 Å². The van der Waals surface area contributed by atoms with E-state index in [2.05, 4.69) is 5.32 Å². The van der Waals surface area contributed by atoms with Crippen molar-refractivity contribution >= 4 is 5.97 Å². The van der Waals surface area contributed by atoms with Gasteiger partial charge in [0.25, 0.3) is 0 Å². The fraction of sp³-hybridized carbons (Fsp3) is 0.462. The molecule has 0 aliphatic rings. The molecule has 4 nitrogen and oxygen atoms in total. The fourth-order valence-corrected chi connectivity index (χ4v) is 1.58. The Labute approximate surface area is 114 Å². The number of rotatable bonds is 6. The fourth-order valence-electron chi connectivity index (χ4n) is 1.58. The first kappa shape index (κ1) is 16.3. The topological polar surface area (TPSA) is 47.6 Å². The lowest BCUT2D eigenvalue weighted by Crippen LogP contribution is -2.36. The lowest BCUT2D eigenvalue weighted by atomic mass is 10.1. The summed E-state index contributed by atoms with van der Waals surface area (Å²) in [6.45, 7) is 0.411. The van der Waals surface area contributed by atoms with E-state index in [0.29, 0.717) is 11.3 Å². The number of alkyl halides is 3. The third kappa shape index (κ3) is 5.08. The van der Waals surface area contributed by atoms with E-state index in [4.69, 9.17) is 9.47 Å². The second-order valence-corrected chi connectivity index (χ2v) is 3.95. The van der Waals surface area contributed by atoms with Crippen LogP contribution in [0.5, 0.6) is 5.75 Å². The zero-order chi connectivity index (χ0) is 15.2. The van der Waals surface area contributed by atoms with Gasteiger partial charge in [0.15, 0.2) is 0 Å². The van der Waals surface area contributed by atoms with Crippen molar-refractivity contribution in [3.05, 3.63) is 29.8 Å². The number of methoxy groups -OCH3 is 1. The maximum Gasteiger partial charge on any atom is 0.401 e. The third-order valence-electron chi connectivity index (χ3n) is 2.48. The summed E-state index contributed by atoms with van der Waals surface area (Å²) in [5, 5.41) is 2.16. The van der Waals surface area contributed by atoms with E-state index >= 15 is 0 Å². The van der Waals surface area contributed by atoms with Crippen molar-refractivity contribution in [2.75, 3.05) is 20.3 Å². The molecular formula is C13H16F3NO3. The molecule has 20 heavy (non-hydrogen) atoms. The highest BCUT2D eigenvalue weighted by Gasteiger charge is 2.31. The first-order chi connectivity index (χ1) is 9.37. The van der Waals surface area contributed by atoms with Crippen molar-refractivity contribution in [2.45, 2.75) is 19.1 Å². The minimum Gasteiger partial charge on any atom is -0.497 e. The number of ether oxygens (including phenoxy) is 2. The van der Waals surface area contributed by atoms with E-state index in [0.717, 1.165) is 0 Å². The largest absolute Gasteiger partial charge is 0.497 e. The molecule has 112 valence electrons. The number of nitrogens with one attached hydrogen (secondary N) is 1. The highest BCUT2D eigenvalue weighted by molar-refractivity contribution is 5.77. The number of esters is 1. The van der Waals surface area contributed by atoms with Crippen molar-refractivity contribution in [1.29, 1.82) is 0 Å². The Kier molecular flexibility index (Phi) is 5.82. The average molecular weight is 291 g/mol. The number of hydrogen-bond donors (Lipinski definition) is 1. The molecule has 0 spiro atoms. The summed E-state index contributed by atoms with van der Waals surface area (Å²) in [5.41, 5.74) is 0.383. The molecular weight excluding hydrogens is 275 g/mol. The van der Waals surface area contributed by atoms with Gasteiger partial charge in [0, 0.05) is 0 Å². The van der Waals surface area contributed by atoms with Crippen molar-refractivity contribution in [3.63, 3.8) is 0 Å². The molecule has 0 bridgehead atoms. The van der Waals surface area contributed by atoms with Gasteiger partial charge in [-0.3, -0.25) is 5.32 Å². The summed E-state index contributed by atoms with van der Waals surface area (Å²) in [4.78, 5) is 11.7. The second kappa shape index (κ2) is 7.14. The van der Waals surface area contributed by atoms with Gasteiger partial charge in [-0.05, 0) is 24.6 Å². The molecule has 0 heterocycles. The lowest BCUT2D eigenvalue weighted by molar-refractivity contribution is -0.149. The summed E-state index contributed by atoms with van der Waals surface area (Å²) >= 11 is 0. The smallest absolute Gasteiger partial charge is 0.401 e. The Hall–Kier alpha value is -1.76. The zero-order valence-corrected chi connectivity index (χ0v) is 11.2. The molecule has 0 saturated heterocycles. The van der Waals surface area contributed by atoms with Gasteiger partial charge in [0.1, 0.15) is 11.8 Å². The van der Waals surface area contributed by atoms with Gasteiger partial charge in [-0.1, -0.05) is 12.1 Å². The minimum atomic E-state index is -4.41. The molecule has 1 atom stereocenters. The molecule has 0 fully saturated rings. The minimum absolute atomic E-state index is 0.0964. The van der Waals surface area contributed by atoms with Crippen LogP contribution in [0.25, 0.3) is 0 Å². The second-order valence-electron chi connectivity index (χ2n) is 3.95. The summed E-state index contributed by atoms with van der Waals surface area (Å²) in [5.74, 6) is -0.200. The molecule has 0 radical (unpaired) electrons. The van der Waals surface area contributed by atoms with Gasteiger partial charge >= 0.3 is 12.1 Å². The molecule has 1 N–H and O–H groups in total. The summed E-state index contributed by atoms with van der Waals surface area (Å²) < 4.78 is 46.5. The first-order valence-electron chi connectivity index (χ1n) is 5.98. The monoisotopic (exact) mass is 291 g/mol. The van der Waals surface area contributed by atoms with E-state index in [-0.39, 0.29) is 6.61 Å². The van der Waals surface area contributed by atoms with Crippen molar-refractivity contribution < 1.29 is 27.4 Å². The summed E-state index contributed by atoms with van der Waals surface area (Å²) in [7, 11) is 1.47. The highest BCUT2D eigenvalue weighted by atomic mass is 19.4. The van der Waals surface area contributed by atoms with Crippen LogP contribution in [0.15, 0.2) is 24.3 Å². The van der Waals surface area contributed by atoms with Crippen LogP contribution in [0.4, 0.5) is 13.2 Å². The van der Waals surface area contributed by atoms with E-state index in [1.165, 1.54) is 19.2 Å². The molecule has 0 aliphatic heterocycles. The van der Waals surface area contributed by atoms with Gasteiger partial charge in [0.05, 0.1) is 20.3 Å². The maximum absolute atomic E-state index is 12.3. The van der Waals surface area contributed by atoms with Crippen LogP contribution in [0.2, 0.25) is 0 Å². The van der Waals surface area contributed by atoms with Crippen LogP contribution >= 0.6 is 0 Å². The summed E-state index contributed by atoms with van der Waals surface area (Å²) in [6.07, 6.45) is -4.41. The Bertz CT molecular complexity index is 431. The molecule has 0 aliphatic carbocycles. The summed E-state index contributed by atoms with van der Waals surface area (Å²) in [6, 6.07) is 5.00. The van der Waals surface area contributed by atoms with Crippen LogP contribution in [0.3, 0.4) is 0 Å². The van der Waals surface area contributed by atoms with E-state index < -0.39 is 24.7 Å². The van der Waals surface area contributed by atoms with E-state index in [9.17, 15) is 18.0 Å². The van der Waals surface area contributed by atoms with Crippen LogP contribution in [-0.4, -0.2) is 32.4 Å². The van der Waals surface area contributed by atoms with E-state index in [1.54, 1.807) is 19.1 Å². The van der Waals surface area contributed by atoms with Crippen molar-refractivity contribution in [1.82, 2.24) is 5.32 Å².